The summed E-state index contributed by atoms with van der Waals surface area (Å²) >= 11 is 17.7. The number of halogens is 3. The molecule has 0 unspecified atom stereocenters. The monoisotopic (exact) mass is 429 g/mol. The van der Waals surface area contributed by atoms with Crippen molar-refractivity contribution in [2.45, 2.75) is 0 Å². The molecule has 4 N–H and O–H groups in total. The highest BCUT2D eigenvalue weighted by Gasteiger charge is 2.08. The largest absolute Gasteiger partial charge is 0.367 e. The Morgan fingerprint density at radius 1 is 0.889 bits per heavy atom. The van der Waals surface area contributed by atoms with Gasteiger partial charge in [-0.1, -0.05) is 46.9 Å². The van der Waals surface area contributed by atoms with Crippen LogP contribution in [0.15, 0.2) is 36.5 Å². The molecular formula is C17H18Cl3N5O2. The number of carbonyl (C=O) groups is 2. The normalized spacial score (nSPS) is 10.2. The average Bonchev–Trinajstić information content (AvgIpc) is 2.64. The molecule has 0 radical (unpaired) electrons. The fraction of sp³-hybridized carbons (Fsp3) is 0.235. The Balaban J connectivity index is 1.58. The first-order chi connectivity index (χ1) is 13.0. The Morgan fingerprint density at radius 3 is 2.26 bits per heavy atom. The summed E-state index contributed by atoms with van der Waals surface area (Å²) in [6.45, 7) is 1.35. The van der Waals surface area contributed by atoms with E-state index in [1.54, 1.807) is 30.3 Å². The van der Waals surface area contributed by atoms with Crippen LogP contribution < -0.4 is 21.3 Å². The molecule has 7 nitrogen and oxygen atoms in total. The number of nitrogens with one attached hydrogen (secondary N) is 4. The van der Waals surface area contributed by atoms with E-state index in [2.05, 4.69) is 26.3 Å². The number of nitrogens with zero attached hydrogens (tertiary/aromatic N) is 1. The molecular weight excluding hydrogens is 413 g/mol. The maximum Gasteiger partial charge on any atom is 0.314 e. The van der Waals surface area contributed by atoms with Gasteiger partial charge in [0.05, 0.1) is 20.6 Å². The second-order valence-corrected chi connectivity index (χ2v) is 6.58. The number of hydrogen-bond donors (Lipinski definition) is 4. The lowest BCUT2D eigenvalue weighted by Gasteiger charge is -2.10. The SMILES string of the molecule is O=C(NCCNC(=O)c1ccccc1Cl)NCCNc1ncc(Cl)cc1Cl. The average molecular weight is 431 g/mol. The Bertz CT molecular complexity index is 804. The molecule has 10 heteroatoms. The van der Waals surface area contributed by atoms with Crippen molar-refractivity contribution in [3.63, 3.8) is 0 Å². The first-order valence-corrected chi connectivity index (χ1v) is 9.20. The summed E-state index contributed by atoms with van der Waals surface area (Å²) in [5, 5.41) is 12.2. The van der Waals surface area contributed by atoms with Gasteiger partial charge >= 0.3 is 6.03 Å². The zero-order valence-electron chi connectivity index (χ0n) is 14.2. The van der Waals surface area contributed by atoms with E-state index in [1.807, 2.05) is 0 Å². The van der Waals surface area contributed by atoms with Gasteiger partial charge in [-0.25, -0.2) is 9.78 Å². The molecule has 1 aromatic heterocycles. The van der Waals surface area contributed by atoms with Gasteiger partial charge in [-0.05, 0) is 18.2 Å². The van der Waals surface area contributed by atoms with Crippen LogP contribution in [0.3, 0.4) is 0 Å². The number of amides is 3. The highest BCUT2D eigenvalue weighted by molar-refractivity contribution is 6.36. The number of anilines is 1. The maximum atomic E-state index is 11.9. The van der Waals surface area contributed by atoms with Crippen molar-refractivity contribution >= 4 is 52.6 Å². The van der Waals surface area contributed by atoms with Crippen molar-refractivity contribution in [2.75, 3.05) is 31.5 Å². The second-order valence-electron chi connectivity index (χ2n) is 5.33. The van der Waals surface area contributed by atoms with E-state index in [1.165, 1.54) is 6.20 Å². The molecule has 2 aromatic rings. The molecule has 0 saturated carbocycles. The van der Waals surface area contributed by atoms with E-state index in [4.69, 9.17) is 34.8 Å². The molecule has 2 rings (SSSR count). The lowest BCUT2D eigenvalue weighted by Crippen LogP contribution is -2.41. The van der Waals surface area contributed by atoms with Crippen molar-refractivity contribution in [2.24, 2.45) is 0 Å². The first-order valence-electron chi connectivity index (χ1n) is 8.06. The van der Waals surface area contributed by atoms with Crippen LogP contribution in [0, 0.1) is 0 Å². The number of aromatic nitrogens is 1. The third kappa shape index (κ3) is 7.13. The lowest BCUT2D eigenvalue weighted by atomic mass is 10.2. The number of hydrogen-bond acceptors (Lipinski definition) is 4. The van der Waals surface area contributed by atoms with Crippen LogP contribution >= 0.6 is 34.8 Å². The minimum absolute atomic E-state index is 0.278. The van der Waals surface area contributed by atoms with Crippen LogP contribution in [0.2, 0.25) is 15.1 Å². The summed E-state index contributed by atoms with van der Waals surface area (Å²) in [6, 6.07) is 7.98. The van der Waals surface area contributed by atoms with Crippen molar-refractivity contribution < 1.29 is 9.59 Å². The van der Waals surface area contributed by atoms with Gasteiger partial charge in [-0.3, -0.25) is 4.79 Å². The molecule has 0 bridgehead atoms. The van der Waals surface area contributed by atoms with Crippen molar-refractivity contribution in [1.82, 2.24) is 20.9 Å². The third-order valence-electron chi connectivity index (χ3n) is 3.33. The Hall–Kier alpha value is -2.22. The zero-order chi connectivity index (χ0) is 19.6. The summed E-state index contributed by atoms with van der Waals surface area (Å²) in [5.74, 6) is 0.199. The summed E-state index contributed by atoms with van der Waals surface area (Å²) in [5.41, 5.74) is 0.393. The summed E-state index contributed by atoms with van der Waals surface area (Å²) in [7, 11) is 0. The molecule has 3 amide bonds. The van der Waals surface area contributed by atoms with E-state index in [-0.39, 0.29) is 25.0 Å². The third-order valence-corrected chi connectivity index (χ3v) is 4.15. The topological polar surface area (TPSA) is 95.2 Å². The predicted octanol–water partition coefficient (Wildman–Crippen LogP) is 3.18. The van der Waals surface area contributed by atoms with Gasteiger partial charge in [-0.2, -0.15) is 0 Å². The highest BCUT2D eigenvalue weighted by Crippen LogP contribution is 2.22. The molecule has 144 valence electrons. The molecule has 0 atom stereocenters. The van der Waals surface area contributed by atoms with Crippen molar-refractivity contribution in [1.29, 1.82) is 0 Å². The van der Waals surface area contributed by atoms with Crippen LogP contribution in [-0.2, 0) is 0 Å². The Labute approximate surface area is 171 Å². The standard InChI is InChI=1S/C17H18Cl3N5O2/c18-11-9-14(20)15(25-10-11)21-5-7-23-17(27)24-8-6-22-16(26)12-3-1-2-4-13(12)19/h1-4,9-10H,5-8H2,(H,21,25)(H,22,26)(H2,23,24,27). The van der Waals surface area contributed by atoms with Crippen LogP contribution in [0.4, 0.5) is 10.6 Å². The van der Waals surface area contributed by atoms with Crippen molar-refractivity contribution in [3.8, 4) is 0 Å². The minimum Gasteiger partial charge on any atom is -0.367 e. The molecule has 0 aliphatic rings. The molecule has 1 aromatic carbocycles. The highest BCUT2D eigenvalue weighted by atomic mass is 35.5. The molecule has 27 heavy (non-hydrogen) atoms. The van der Waals surface area contributed by atoms with Crippen molar-refractivity contribution in [3.05, 3.63) is 57.2 Å². The zero-order valence-corrected chi connectivity index (χ0v) is 16.5. The molecule has 0 aliphatic heterocycles. The van der Waals surface area contributed by atoms with Gasteiger partial charge in [0, 0.05) is 32.4 Å². The molecule has 0 spiro atoms. The van der Waals surface area contributed by atoms with E-state index in [9.17, 15) is 9.59 Å². The molecule has 1 heterocycles. The Kier molecular flexibility index (Phi) is 8.44. The lowest BCUT2D eigenvalue weighted by molar-refractivity contribution is 0.0954. The van der Waals surface area contributed by atoms with Crippen LogP contribution in [-0.4, -0.2) is 43.1 Å². The smallest absolute Gasteiger partial charge is 0.314 e. The number of rotatable bonds is 8. The van der Waals surface area contributed by atoms with Gasteiger partial charge < -0.3 is 21.3 Å². The Morgan fingerprint density at radius 2 is 1.56 bits per heavy atom. The van der Waals surface area contributed by atoms with E-state index in [0.29, 0.717) is 39.5 Å². The first kappa shape index (κ1) is 21.1. The molecule has 0 aliphatic carbocycles. The molecule has 0 saturated heterocycles. The van der Waals surface area contributed by atoms with Gasteiger partial charge in [0.15, 0.2) is 0 Å². The van der Waals surface area contributed by atoms with Gasteiger partial charge in [0.2, 0.25) is 0 Å². The van der Waals surface area contributed by atoms with Gasteiger partial charge in [-0.15, -0.1) is 0 Å². The molecule has 0 fully saturated rings. The van der Waals surface area contributed by atoms with Gasteiger partial charge in [0.1, 0.15) is 5.82 Å². The van der Waals surface area contributed by atoms with E-state index >= 15 is 0 Å². The number of benzene rings is 1. The fourth-order valence-electron chi connectivity index (χ4n) is 2.06. The maximum absolute atomic E-state index is 11.9. The summed E-state index contributed by atoms with van der Waals surface area (Å²) in [4.78, 5) is 27.7. The fourth-order valence-corrected chi connectivity index (χ4v) is 2.73. The van der Waals surface area contributed by atoms with Gasteiger partial charge in [0.25, 0.3) is 5.91 Å². The second kappa shape index (κ2) is 10.8. The number of carbonyl (C=O) groups excluding carboxylic acids is 2. The number of pyridine rings is 1. The van der Waals surface area contributed by atoms with E-state index < -0.39 is 0 Å². The summed E-state index contributed by atoms with van der Waals surface area (Å²) in [6.07, 6.45) is 1.48. The summed E-state index contributed by atoms with van der Waals surface area (Å²) < 4.78 is 0. The predicted molar refractivity (Wildman–Crippen MR) is 108 cm³/mol. The van der Waals surface area contributed by atoms with E-state index in [0.717, 1.165) is 0 Å². The van der Waals surface area contributed by atoms with Crippen LogP contribution in [0.1, 0.15) is 10.4 Å². The van der Waals surface area contributed by atoms with Crippen LogP contribution in [0.25, 0.3) is 0 Å². The minimum atomic E-state index is -0.348. The van der Waals surface area contributed by atoms with Crippen LogP contribution in [0.5, 0.6) is 0 Å². The number of urea groups is 1. The quantitative estimate of drug-likeness (QED) is 0.484.